The van der Waals surface area contributed by atoms with Gasteiger partial charge in [-0.25, -0.2) is 0 Å². The van der Waals surface area contributed by atoms with Crippen LogP contribution in [0, 0.1) is 0 Å². The minimum atomic E-state index is 0.489. The lowest BCUT2D eigenvalue weighted by molar-refractivity contribution is 0.00427. The van der Waals surface area contributed by atoms with Gasteiger partial charge in [-0.2, -0.15) is 0 Å². The summed E-state index contributed by atoms with van der Waals surface area (Å²) >= 11 is 0. The average Bonchev–Trinajstić information content (AvgIpc) is 2.46. The second-order valence-electron chi connectivity index (χ2n) is 6.31. The van der Waals surface area contributed by atoms with Gasteiger partial charge in [-0.15, -0.1) is 0 Å². The molecule has 2 aliphatic rings. The SMILES string of the molecule is CCNC(CC1CCCCO1)CC1Cc2ccccc21. The lowest BCUT2D eigenvalue weighted by atomic mass is 9.74. The molecule has 0 saturated carbocycles. The molecule has 3 atom stereocenters. The summed E-state index contributed by atoms with van der Waals surface area (Å²) in [4.78, 5) is 0. The molecule has 3 rings (SSSR count). The van der Waals surface area contributed by atoms with Crippen molar-refractivity contribution in [1.29, 1.82) is 0 Å². The van der Waals surface area contributed by atoms with Crippen molar-refractivity contribution in [2.75, 3.05) is 13.2 Å². The summed E-state index contributed by atoms with van der Waals surface area (Å²) in [6, 6.07) is 9.54. The quantitative estimate of drug-likeness (QED) is 0.854. The molecule has 1 aliphatic heterocycles. The van der Waals surface area contributed by atoms with Gasteiger partial charge in [0.15, 0.2) is 0 Å². The van der Waals surface area contributed by atoms with E-state index in [1.54, 1.807) is 11.1 Å². The highest BCUT2D eigenvalue weighted by Crippen LogP contribution is 2.38. The molecular formula is C18H27NO. The summed E-state index contributed by atoms with van der Waals surface area (Å²) in [7, 11) is 0. The van der Waals surface area contributed by atoms with Gasteiger partial charge in [0, 0.05) is 12.6 Å². The minimum Gasteiger partial charge on any atom is -0.378 e. The van der Waals surface area contributed by atoms with Crippen LogP contribution in [0.5, 0.6) is 0 Å². The van der Waals surface area contributed by atoms with Crippen molar-refractivity contribution in [3.63, 3.8) is 0 Å². The van der Waals surface area contributed by atoms with E-state index in [1.165, 1.54) is 38.5 Å². The van der Waals surface area contributed by atoms with Gasteiger partial charge in [0.1, 0.15) is 0 Å². The molecule has 0 radical (unpaired) electrons. The van der Waals surface area contributed by atoms with Gasteiger partial charge < -0.3 is 10.1 Å². The Bertz CT molecular complexity index is 425. The zero-order valence-electron chi connectivity index (χ0n) is 12.6. The minimum absolute atomic E-state index is 0.489. The molecule has 2 nitrogen and oxygen atoms in total. The summed E-state index contributed by atoms with van der Waals surface area (Å²) in [6.45, 7) is 4.24. The molecule has 0 bridgehead atoms. The van der Waals surface area contributed by atoms with E-state index in [9.17, 15) is 0 Å². The van der Waals surface area contributed by atoms with E-state index in [0.29, 0.717) is 12.1 Å². The molecule has 0 aromatic heterocycles. The molecule has 1 aromatic carbocycles. The third-order valence-corrected chi connectivity index (χ3v) is 4.84. The van der Waals surface area contributed by atoms with Crippen LogP contribution < -0.4 is 5.32 Å². The summed E-state index contributed by atoms with van der Waals surface area (Å²) in [5.74, 6) is 0.763. The number of rotatable bonds is 6. The average molecular weight is 273 g/mol. The summed E-state index contributed by atoms with van der Waals surface area (Å²) < 4.78 is 5.92. The molecule has 1 fully saturated rings. The van der Waals surface area contributed by atoms with Gasteiger partial charge in [0.2, 0.25) is 0 Å². The van der Waals surface area contributed by atoms with E-state index < -0.39 is 0 Å². The molecule has 110 valence electrons. The van der Waals surface area contributed by atoms with Crippen LogP contribution in [-0.2, 0) is 11.2 Å². The fourth-order valence-corrected chi connectivity index (χ4v) is 3.78. The van der Waals surface area contributed by atoms with E-state index in [0.717, 1.165) is 19.1 Å². The zero-order valence-corrected chi connectivity index (χ0v) is 12.6. The molecule has 1 heterocycles. The van der Waals surface area contributed by atoms with Crippen LogP contribution in [0.25, 0.3) is 0 Å². The Morgan fingerprint density at radius 1 is 1.25 bits per heavy atom. The number of ether oxygens (including phenoxy) is 1. The third-order valence-electron chi connectivity index (χ3n) is 4.84. The van der Waals surface area contributed by atoms with Crippen molar-refractivity contribution in [2.45, 2.75) is 63.5 Å². The van der Waals surface area contributed by atoms with Crippen molar-refractivity contribution < 1.29 is 4.74 Å². The van der Waals surface area contributed by atoms with Gasteiger partial charge in [0.25, 0.3) is 0 Å². The molecule has 2 heteroatoms. The zero-order chi connectivity index (χ0) is 13.8. The smallest absolute Gasteiger partial charge is 0.0590 e. The largest absolute Gasteiger partial charge is 0.378 e. The van der Waals surface area contributed by atoms with Gasteiger partial charge >= 0.3 is 0 Å². The van der Waals surface area contributed by atoms with Crippen molar-refractivity contribution in [3.05, 3.63) is 35.4 Å². The highest BCUT2D eigenvalue weighted by atomic mass is 16.5. The van der Waals surface area contributed by atoms with Crippen molar-refractivity contribution in [1.82, 2.24) is 5.32 Å². The highest BCUT2D eigenvalue weighted by molar-refractivity contribution is 5.39. The first-order valence-corrected chi connectivity index (χ1v) is 8.29. The Balaban J connectivity index is 1.55. The van der Waals surface area contributed by atoms with Gasteiger partial charge in [-0.3, -0.25) is 0 Å². The Hall–Kier alpha value is -0.860. The van der Waals surface area contributed by atoms with E-state index in [1.807, 2.05) is 0 Å². The Kier molecular flexibility index (Phi) is 4.74. The maximum Gasteiger partial charge on any atom is 0.0590 e. The number of nitrogens with one attached hydrogen (secondary N) is 1. The first kappa shape index (κ1) is 14.1. The van der Waals surface area contributed by atoms with Crippen LogP contribution >= 0.6 is 0 Å². The second kappa shape index (κ2) is 6.73. The van der Waals surface area contributed by atoms with Crippen LogP contribution in [0.15, 0.2) is 24.3 Å². The van der Waals surface area contributed by atoms with Gasteiger partial charge in [-0.05, 0) is 62.1 Å². The van der Waals surface area contributed by atoms with Crippen LogP contribution in [-0.4, -0.2) is 25.3 Å². The monoisotopic (exact) mass is 273 g/mol. The van der Waals surface area contributed by atoms with Crippen LogP contribution in [0.4, 0.5) is 0 Å². The first-order valence-electron chi connectivity index (χ1n) is 8.29. The molecule has 1 saturated heterocycles. The molecule has 1 aliphatic carbocycles. The predicted molar refractivity (Wildman–Crippen MR) is 83.2 cm³/mol. The van der Waals surface area contributed by atoms with E-state index in [2.05, 4.69) is 36.5 Å². The van der Waals surface area contributed by atoms with Gasteiger partial charge in [0.05, 0.1) is 6.10 Å². The highest BCUT2D eigenvalue weighted by Gasteiger charge is 2.29. The molecule has 20 heavy (non-hydrogen) atoms. The van der Waals surface area contributed by atoms with Crippen molar-refractivity contribution in [3.8, 4) is 0 Å². The van der Waals surface area contributed by atoms with E-state index in [-0.39, 0.29) is 0 Å². The summed E-state index contributed by atoms with van der Waals surface area (Å²) in [6.07, 6.45) is 8.06. The van der Waals surface area contributed by atoms with Crippen LogP contribution in [0.2, 0.25) is 0 Å². The number of hydrogen-bond donors (Lipinski definition) is 1. The number of hydrogen-bond acceptors (Lipinski definition) is 2. The maximum absolute atomic E-state index is 5.92. The standard InChI is InChI=1S/C18H27NO/c1-2-19-16(13-17-8-5-6-10-20-17)12-15-11-14-7-3-4-9-18(14)15/h3-4,7,9,15-17,19H,2,5-6,8,10-13H2,1H3. The Morgan fingerprint density at radius 2 is 2.15 bits per heavy atom. The number of benzene rings is 1. The summed E-state index contributed by atoms with van der Waals surface area (Å²) in [5, 5.41) is 3.68. The first-order chi connectivity index (χ1) is 9.86. The predicted octanol–water partition coefficient (Wildman–Crippen LogP) is 3.65. The van der Waals surface area contributed by atoms with Crippen molar-refractivity contribution >= 4 is 0 Å². The van der Waals surface area contributed by atoms with Crippen molar-refractivity contribution in [2.24, 2.45) is 0 Å². The summed E-state index contributed by atoms with van der Waals surface area (Å²) in [5.41, 5.74) is 3.14. The Labute approximate surface area is 122 Å². The maximum atomic E-state index is 5.92. The molecule has 1 aromatic rings. The van der Waals surface area contributed by atoms with Gasteiger partial charge in [-0.1, -0.05) is 31.2 Å². The Morgan fingerprint density at radius 3 is 2.90 bits per heavy atom. The molecule has 0 spiro atoms. The van der Waals surface area contributed by atoms with E-state index >= 15 is 0 Å². The topological polar surface area (TPSA) is 21.3 Å². The third kappa shape index (κ3) is 3.24. The van der Waals surface area contributed by atoms with Crippen LogP contribution in [0.3, 0.4) is 0 Å². The van der Waals surface area contributed by atoms with Crippen LogP contribution in [0.1, 0.15) is 56.1 Å². The molecule has 3 unspecified atom stereocenters. The number of fused-ring (bicyclic) bond motifs is 1. The lowest BCUT2D eigenvalue weighted by Crippen LogP contribution is -2.37. The lowest BCUT2D eigenvalue weighted by Gasteiger charge is -2.35. The normalized spacial score (nSPS) is 26.6. The fraction of sp³-hybridized carbons (Fsp3) is 0.667. The fourth-order valence-electron chi connectivity index (χ4n) is 3.78. The van der Waals surface area contributed by atoms with E-state index in [4.69, 9.17) is 4.74 Å². The molecule has 1 N–H and O–H groups in total. The second-order valence-corrected chi connectivity index (χ2v) is 6.31. The molecule has 0 amide bonds. The molecular weight excluding hydrogens is 246 g/mol.